The number of aryl methyl sites for hydroxylation is 2. The molecule has 0 fully saturated rings. The highest BCUT2D eigenvalue weighted by atomic mass is 35.5. The third-order valence-corrected chi connectivity index (χ3v) is 1.88. The maximum atomic E-state index is 9.24. The molecule has 0 aromatic carbocycles. The highest BCUT2D eigenvalue weighted by molar-refractivity contribution is 6.18. The Morgan fingerprint density at radius 3 is 2.73 bits per heavy atom. The summed E-state index contributed by atoms with van der Waals surface area (Å²) in [5.41, 5.74) is 1.99. The summed E-state index contributed by atoms with van der Waals surface area (Å²) in [6.07, 6.45) is 1.08. The molecule has 0 saturated carbocycles. The predicted octanol–water partition coefficient (Wildman–Crippen LogP) is 1.23. The zero-order chi connectivity index (χ0) is 8.43. The van der Waals surface area contributed by atoms with Crippen LogP contribution in [0.3, 0.4) is 0 Å². The Morgan fingerprint density at radius 1 is 1.73 bits per heavy atom. The van der Waals surface area contributed by atoms with Gasteiger partial charge in [0.15, 0.2) is 6.23 Å². The van der Waals surface area contributed by atoms with Crippen LogP contribution in [0.1, 0.15) is 17.5 Å². The third kappa shape index (κ3) is 1.73. The summed E-state index contributed by atoms with van der Waals surface area (Å²) < 4.78 is 1.47. The van der Waals surface area contributed by atoms with E-state index in [0.29, 0.717) is 0 Å². The molecule has 1 unspecified atom stereocenters. The van der Waals surface area contributed by atoms with Crippen LogP contribution in [0.2, 0.25) is 0 Å². The van der Waals surface area contributed by atoms with E-state index in [1.54, 1.807) is 6.20 Å². The van der Waals surface area contributed by atoms with E-state index >= 15 is 0 Å². The van der Waals surface area contributed by atoms with Gasteiger partial charge in [0, 0.05) is 6.20 Å². The second-order valence-corrected chi connectivity index (χ2v) is 2.82. The number of hydrogen-bond acceptors (Lipinski definition) is 2. The van der Waals surface area contributed by atoms with E-state index in [2.05, 4.69) is 5.10 Å². The molecule has 11 heavy (non-hydrogen) atoms. The number of aromatic nitrogens is 2. The molecular weight excluding hydrogens is 164 g/mol. The first-order chi connectivity index (χ1) is 5.15. The normalized spacial score (nSPS) is 13.5. The highest BCUT2D eigenvalue weighted by Gasteiger charge is 2.06. The zero-order valence-electron chi connectivity index (χ0n) is 6.58. The van der Waals surface area contributed by atoms with Gasteiger partial charge >= 0.3 is 0 Å². The number of alkyl halides is 1. The van der Waals surface area contributed by atoms with Gasteiger partial charge in [-0.15, -0.1) is 11.6 Å². The first-order valence-electron chi connectivity index (χ1n) is 3.41. The van der Waals surface area contributed by atoms with Gasteiger partial charge in [-0.25, -0.2) is 4.68 Å². The van der Waals surface area contributed by atoms with Crippen LogP contribution in [0.25, 0.3) is 0 Å². The molecule has 4 heteroatoms. The van der Waals surface area contributed by atoms with E-state index in [-0.39, 0.29) is 5.88 Å². The average Bonchev–Trinajstić information content (AvgIpc) is 2.31. The van der Waals surface area contributed by atoms with Gasteiger partial charge in [-0.3, -0.25) is 0 Å². The van der Waals surface area contributed by atoms with E-state index in [9.17, 15) is 5.11 Å². The van der Waals surface area contributed by atoms with Crippen LogP contribution in [-0.4, -0.2) is 20.8 Å². The van der Waals surface area contributed by atoms with Crippen LogP contribution < -0.4 is 0 Å². The first-order valence-corrected chi connectivity index (χ1v) is 3.95. The molecule has 1 atom stereocenters. The molecule has 0 aliphatic rings. The second-order valence-electron chi connectivity index (χ2n) is 2.51. The number of aliphatic hydroxyl groups is 1. The standard InChI is InChI=1S/C7H11ClN2O/c1-5-4-10(7(11)3-8)9-6(5)2/h4,7,11H,3H2,1-2H3. The fourth-order valence-corrected chi connectivity index (χ4v) is 0.938. The fraction of sp³-hybridized carbons (Fsp3) is 0.571. The van der Waals surface area contributed by atoms with E-state index < -0.39 is 6.23 Å². The largest absolute Gasteiger partial charge is 0.371 e. The van der Waals surface area contributed by atoms with Crippen molar-refractivity contribution in [3.63, 3.8) is 0 Å². The minimum Gasteiger partial charge on any atom is -0.371 e. The Bertz CT molecular complexity index is 227. The van der Waals surface area contributed by atoms with Crippen molar-refractivity contribution in [2.24, 2.45) is 0 Å². The summed E-state index contributed by atoms with van der Waals surface area (Å²) in [7, 11) is 0. The van der Waals surface area contributed by atoms with E-state index in [1.807, 2.05) is 13.8 Å². The van der Waals surface area contributed by atoms with E-state index in [1.165, 1.54) is 4.68 Å². The second kappa shape index (κ2) is 3.24. The van der Waals surface area contributed by atoms with Crippen molar-refractivity contribution < 1.29 is 5.11 Å². The van der Waals surface area contributed by atoms with Crippen LogP contribution in [0, 0.1) is 13.8 Å². The SMILES string of the molecule is Cc1cn(C(O)CCl)nc1C. The molecular formula is C7H11ClN2O. The number of halogens is 1. The van der Waals surface area contributed by atoms with Crippen molar-refractivity contribution in [2.45, 2.75) is 20.1 Å². The van der Waals surface area contributed by atoms with Gasteiger partial charge in [0.05, 0.1) is 11.6 Å². The lowest BCUT2D eigenvalue weighted by molar-refractivity contribution is 0.114. The molecule has 0 aliphatic heterocycles. The Balaban J connectivity index is 2.88. The van der Waals surface area contributed by atoms with Crippen molar-refractivity contribution in [3.8, 4) is 0 Å². The predicted molar refractivity (Wildman–Crippen MR) is 43.7 cm³/mol. The molecule has 3 nitrogen and oxygen atoms in total. The summed E-state index contributed by atoms with van der Waals surface area (Å²) in [4.78, 5) is 0. The Morgan fingerprint density at radius 2 is 2.36 bits per heavy atom. The quantitative estimate of drug-likeness (QED) is 0.685. The van der Waals surface area contributed by atoms with Gasteiger partial charge in [0.2, 0.25) is 0 Å². The monoisotopic (exact) mass is 174 g/mol. The number of aliphatic hydroxyl groups excluding tert-OH is 1. The molecule has 62 valence electrons. The molecule has 1 rings (SSSR count). The molecule has 0 aliphatic carbocycles. The van der Waals surface area contributed by atoms with Crippen molar-refractivity contribution >= 4 is 11.6 Å². The van der Waals surface area contributed by atoms with Gasteiger partial charge in [-0.2, -0.15) is 5.10 Å². The minimum atomic E-state index is -0.705. The van der Waals surface area contributed by atoms with Crippen molar-refractivity contribution in [2.75, 3.05) is 5.88 Å². The molecule has 0 spiro atoms. The molecule has 0 bridgehead atoms. The maximum absolute atomic E-state index is 9.24. The van der Waals surface area contributed by atoms with E-state index in [4.69, 9.17) is 11.6 Å². The van der Waals surface area contributed by atoms with Gasteiger partial charge in [0.1, 0.15) is 0 Å². The van der Waals surface area contributed by atoms with Crippen LogP contribution in [0.4, 0.5) is 0 Å². The summed E-state index contributed by atoms with van der Waals surface area (Å²) in [6, 6.07) is 0. The highest BCUT2D eigenvalue weighted by Crippen LogP contribution is 2.08. The molecule has 0 saturated heterocycles. The number of hydrogen-bond donors (Lipinski definition) is 1. The summed E-state index contributed by atoms with van der Waals surface area (Å²) in [5.74, 6) is 0.167. The van der Waals surface area contributed by atoms with Crippen LogP contribution in [0.15, 0.2) is 6.20 Å². The summed E-state index contributed by atoms with van der Waals surface area (Å²) >= 11 is 5.44. The van der Waals surface area contributed by atoms with Crippen molar-refractivity contribution in [3.05, 3.63) is 17.5 Å². The molecule has 0 radical (unpaired) electrons. The van der Waals surface area contributed by atoms with Crippen LogP contribution in [0.5, 0.6) is 0 Å². The lowest BCUT2D eigenvalue weighted by Gasteiger charge is -2.05. The Hall–Kier alpha value is -0.540. The van der Waals surface area contributed by atoms with Crippen LogP contribution >= 0.6 is 11.6 Å². The lowest BCUT2D eigenvalue weighted by Crippen LogP contribution is -2.09. The summed E-state index contributed by atoms with van der Waals surface area (Å²) in [5, 5.41) is 13.3. The topological polar surface area (TPSA) is 38.0 Å². The van der Waals surface area contributed by atoms with Gasteiger partial charge in [0.25, 0.3) is 0 Å². The first kappa shape index (κ1) is 8.56. The molecule has 1 aromatic heterocycles. The average molecular weight is 175 g/mol. The van der Waals surface area contributed by atoms with Gasteiger partial charge in [-0.1, -0.05) is 0 Å². The molecule has 0 amide bonds. The van der Waals surface area contributed by atoms with Crippen LogP contribution in [-0.2, 0) is 0 Å². The van der Waals surface area contributed by atoms with Crippen molar-refractivity contribution in [1.82, 2.24) is 9.78 Å². The minimum absolute atomic E-state index is 0.167. The fourth-order valence-electron chi connectivity index (χ4n) is 0.796. The molecule has 1 heterocycles. The molecule has 1 aromatic rings. The van der Waals surface area contributed by atoms with E-state index in [0.717, 1.165) is 11.3 Å². The maximum Gasteiger partial charge on any atom is 0.160 e. The lowest BCUT2D eigenvalue weighted by atomic mass is 10.3. The van der Waals surface area contributed by atoms with Gasteiger partial charge in [-0.05, 0) is 19.4 Å². The van der Waals surface area contributed by atoms with Crippen molar-refractivity contribution in [1.29, 1.82) is 0 Å². The molecule has 1 N–H and O–H groups in total. The third-order valence-electron chi connectivity index (χ3n) is 1.61. The Kier molecular flexibility index (Phi) is 2.52. The zero-order valence-corrected chi connectivity index (χ0v) is 7.34. The number of rotatable bonds is 2. The number of nitrogens with zero attached hydrogens (tertiary/aromatic N) is 2. The summed E-state index contributed by atoms with van der Waals surface area (Å²) in [6.45, 7) is 3.84. The smallest absolute Gasteiger partial charge is 0.160 e. The Labute approximate surface area is 70.6 Å². The van der Waals surface area contributed by atoms with Gasteiger partial charge < -0.3 is 5.11 Å².